The zero-order valence-electron chi connectivity index (χ0n) is 16.0. The summed E-state index contributed by atoms with van der Waals surface area (Å²) in [5, 5.41) is 2.83. The topological polar surface area (TPSA) is 67.9 Å². The molecular formula is C21H26N2O4. The van der Waals surface area contributed by atoms with Crippen LogP contribution in [0.2, 0.25) is 0 Å². The summed E-state index contributed by atoms with van der Waals surface area (Å²) in [6.07, 6.45) is 0.904. The van der Waals surface area contributed by atoms with E-state index in [2.05, 4.69) is 5.32 Å². The number of anilines is 1. The molecule has 0 atom stereocenters. The smallest absolute Gasteiger partial charge is 0.226 e. The van der Waals surface area contributed by atoms with E-state index in [0.717, 1.165) is 17.1 Å². The third-order valence-corrected chi connectivity index (χ3v) is 4.27. The molecule has 0 saturated carbocycles. The van der Waals surface area contributed by atoms with Crippen molar-refractivity contribution in [2.75, 3.05) is 32.6 Å². The molecule has 0 aliphatic heterocycles. The number of hydrogen-bond acceptors (Lipinski definition) is 4. The van der Waals surface area contributed by atoms with Gasteiger partial charge in [0, 0.05) is 32.1 Å². The van der Waals surface area contributed by atoms with Gasteiger partial charge in [-0.2, -0.15) is 0 Å². The second kappa shape index (κ2) is 10.2. The molecule has 0 bridgehead atoms. The van der Waals surface area contributed by atoms with Gasteiger partial charge < -0.3 is 19.7 Å². The highest BCUT2D eigenvalue weighted by Gasteiger charge is 2.13. The first-order chi connectivity index (χ1) is 13.0. The molecule has 2 rings (SSSR count). The number of hydrogen-bond donors (Lipinski definition) is 1. The highest BCUT2D eigenvalue weighted by atomic mass is 16.5. The van der Waals surface area contributed by atoms with Crippen molar-refractivity contribution in [3.05, 3.63) is 54.1 Å². The van der Waals surface area contributed by atoms with Gasteiger partial charge in [-0.15, -0.1) is 0 Å². The predicted molar refractivity (Wildman–Crippen MR) is 105 cm³/mol. The van der Waals surface area contributed by atoms with Crippen molar-refractivity contribution >= 4 is 17.5 Å². The van der Waals surface area contributed by atoms with E-state index < -0.39 is 0 Å². The van der Waals surface area contributed by atoms with Crippen LogP contribution in [0.4, 0.5) is 5.69 Å². The van der Waals surface area contributed by atoms with Gasteiger partial charge in [-0.3, -0.25) is 9.59 Å². The first-order valence-corrected chi connectivity index (χ1v) is 8.84. The lowest BCUT2D eigenvalue weighted by molar-refractivity contribution is -0.129. The predicted octanol–water partition coefficient (Wildman–Crippen LogP) is 3.12. The Hall–Kier alpha value is -3.02. The minimum Gasteiger partial charge on any atom is -0.497 e. The van der Waals surface area contributed by atoms with Gasteiger partial charge >= 0.3 is 0 Å². The van der Waals surface area contributed by atoms with E-state index >= 15 is 0 Å². The molecule has 0 spiro atoms. The van der Waals surface area contributed by atoms with Crippen molar-refractivity contribution < 1.29 is 19.1 Å². The van der Waals surface area contributed by atoms with Crippen molar-refractivity contribution in [2.24, 2.45) is 0 Å². The lowest BCUT2D eigenvalue weighted by Crippen LogP contribution is -2.33. The van der Waals surface area contributed by atoms with Gasteiger partial charge in [0.15, 0.2) is 0 Å². The Balaban J connectivity index is 1.86. The van der Waals surface area contributed by atoms with E-state index in [1.165, 1.54) is 6.92 Å². The molecule has 0 radical (unpaired) electrons. The van der Waals surface area contributed by atoms with Gasteiger partial charge in [0.05, 0.1) is 14.2 Å². The molecule has 0 fully saturated rings. The van der Waals surface area contributed by atoms with Crippen LogP contribution in [0.15, 0.2) is 48.5 Å². The fourth-order valence-electron chi connectivity index (χ4n) is 2.73. The Labute approximate surface area is 160 Å². The summed E-state index contributed by atoms with van der Waals surface area (Å²) in [7, 11) is 3.22. The van der Waals surface area contributed by atoms with E-state index in [1.54, 1.807) is 43.4 Å². The second-order valence-corrected chi connectivity index (χ2v) is 6.09. The fourth-order valence-corrected chi connectivity index (χ4v) is 2.73. The van der Waals surface area contributed by atoms with Crippen molar-refractivity contribution in [1.29, 1.82) is 0 Å². The minimum atomic E-state index is -0.135. The molecule has 6 nitrogen and oxygen atoms in total. The number of methoxy groups -OCH3 is 2. The van der Waals surface area contributed by atoms with E-state index in [1.807, 2.05) is 24.3 Å². The number of rotatable bonds is 9. The van der Waals surface area contributed by atoms with Crippen LogP contribution in [0.1, 0.15) is 18.9 Å². The SMILES string of the molecule is COc1ccc(NC(=O)CCN(CCc2ccccc2OC)C(C)=O)cc1. The molecule has 0 aromatic heterocycles. The number of nitrogens with zero attached hydrogens (tertiary/aromatic N) is 1. The Morgan fingerprint density at radius 2 is 1.67 bits per heavy atom. The first kappa shape index (κ1) is 20.3. The van der Waals surface area contributed by atoms with Gasteiger partial charge in [0.25, 0.3) is 0 Å². The summed E-state index contributed by atoms with van der Waals surface area (Å²) in [6, 6.07) is 14.9. The summed E-state index contributed by atoms with van der Waals surface area (Å²) in [6.45, 7) is 2.42. The average molecular weight is 370 g/mol. The third-order valence-electron chi connectivity index (χ3n) is 4.27. The molecule has 2 aromatic rings. The zero-order valence-corrected chi connectivity index (χ0v) is 16.0. The fraction of sp³-hybridized carbons (Fsp3) is 0.333. The highest BCUT2D eigenvalue weighted by Crippen LogP contribution is 2.18. The van der Waals surface area contributed by atoms with E-state index in [9.17, 15) is 9.59 Å². The molecule has 2 aromatic carbocycles. The Bertz CT molecular complexity index is 759. The van der Waals surface area contributed by atoms with Gasteiger partial charge in [-0.25, -0.2) is 0 Å². The van der Waals surface area contributed by atoms with Crippen molar-refractivity contribution in [3.8, 4) is 11.5 Å². The zero-order chi connectivity index (χ0) is 19.6. The number of amides is 2. The molecule has 2 amide bonds. The van der Waals surface area contributed by atoms with Crippen molar-refractivity contribution in [3.63, 3.8) is 0 Å². The molecule has 0 saturated heterocycles. The van der Waals surface area contributed by atoms with Crippen LogP contribution < -0.4 is 14.8 Å². The second-order valence-electron chi connectivity index (χ2n) is 6.09. The molecule has 6 heteroatoms. The first-order valence-electron chi connectivity index (χ1n) is 8.84. The molecule has 0 aliphatic carbocycles. The van der Waals surface area contributed by atoms with E-state index in [0.29, 0.717) is 25.2 Å². The average Bonchev–Trinajstić information content (AvgIpc) is 2.68. The molecule has 0 heterocycles. The maximum atomic E-state index is 12.2. The number of ether oxygens (including phenoxy) is 2. The number of para-hydroxylation sites is 1. The molecular weight excluding hydrogens is 344 g/mol. The summed E-state index contributed by atoms with van der Waals surface area (Å²) < 4.78 is 10.4. The summed E-state index contributed by atoms with van der Waals surface area (Å²) in [5.41, 5.74) is 1.73. The van der Waals surface area contributed by atoms with Crippen LogP contribution >= 0.6 is 0 Å². The third kappa shape index (κ3) is 6.33. The number of benzene rings is 2. The molecule has 0 unspecified atom stereocenters. The van der Waals surface area contributed by atoms with Crippen LogP contribution in [0.3, 0.4) is 0 Å². The molecule has 27 heavy (non-hydrogen) atoms. The Kier molecular flexibility index (Phi) is 7.67. The van der Waals surface area contributed by atoms with Gasteiger partial charge in [0.1, 0.15) is 11.5 Å². The maximum Gasteiger partial charge on any atom is 0.226 e. The molecule has 0 aliphatic rings. The number of carbonyl (C=O) groups excluding carboxylic acids is 2. The molecule has 144 valence electrons. The van der Waals surface area contributed by atoms with Crippen LogP contribution in [0, 0.1) is 0 Å². The minimum absolute atomic E-state index is 0.0536. The maximum absolute atomic E-state index is 12.2. The Morgan fingerprint density at radius 3 is 2.30 bits per heavy atom. The number of carbonyl (C=O) groups is 2. The quantitative estimate of drug-likeness (QED) is 0.736. The summed E-state index contributed by atoms with van der Waals surface area (Å²) >= 11 is 0. The van der Waals surface area contributed by atoms with Crippen LogP contribution in [-0.2, 0) is 16.0 Å². The number of nitrogens with one attached hydrogen (secondary N) is 1. The lowest BCUT2D eigenvalue weighted by atomic mass is 10.1. The summed E-state index contributed by atoms with van der Waals surface area (Å²) in [5.74, 6) is 1.34. The van der Waals surface area contributed by atoms with Gasteiger partial charge in [0.2, 0.25) is 11.8 Å². The van der Waals surface area contributed by atoms with Crippen molar-refractivity contribution in [2.45, 2.75) is 19.8 Å². The van der Waals surface area contributed by atoms with E-state index in [4.69, 9.17) is 9.47 Å². The lowest BCUT2D eigenvalue weighted by Gasteiger charge is -2.21. The highest BCUT2D eigenvalue weighted by molar-refractivity contribution is 5.91. The molecule has 1 N–H and O–H groups in total. The van der Waals surface area contributed by atoms with Crippen molar-refractivity contribution in [1.82, 2.24) is 4.90 Å². The van der Waals surface area contributed by atoms with E-state index in [-0.39, 0.29) is 18.2 Å². The van der Waals surface area contributed by atoms with Gasteiger partial charge in [-0.05, 0) is 42.3 Å². The monoisotopic (exact) mass is 370 g/mol. The van der Waals surface area contributed by atoms with Gasteiger partial charge in [-0.1, -0.05) is 18.2 Å². The van der Waals surface area contributed by atoms with Crippen LogP contribution in [0.25, 0.3) is 0 Å². The van der Waals surface area contributed by atoms with Crippen LogP contribution in [0.5, 0.6) is 11.5 Å². The largest absolute Gasteiger partial charge is 0.497 e. The summed E-state index contributed by atoms with van der Waals surface area (Å²) in [4.78, 5) is 25.8. The van der Waals surface area contributed by atoms with Crippen LogP contribution in [-0.4, -0.2) is 44.0 Å². The standard InChI is InChI=1S/C21H26N2O4/c1-16(24)23(14-12-17-6-4-5-7-20(17)27-3)15-13-21(25)22-18-8-10-19(26-2)11-9-18/h4-11H,12-15H2,1-3H3,(H,22,25). The Morgan fingerprint density at radius 1 is 0.963 bits per heavy atom. The normalized spacial score (nSPS) is 10.2.